The molecule has 0 aromatic heterocycles. The molecular formula is C14H18Cl2N2O. The number of piperidine rings is 1. The molecule has 2 unspecified atom stereocenters. The number of nitrogen functional groups attached to an aromatic ring is 1. The van der Waals surface area contributed by atoms with Crippen LogP contribution in [-0.2, 0) is 0 Å². The molecule has 0 spiro atoms. The van der Waals surface area contributed by atoms with Gasteiger partial charge in [-0.2, -0.15) is 0 Å². The van der Waals surface area contributed by atoms with Gasteiger partial charge in [0.25, 0.3) is 5.91 Å². The Morgan fingerprint density at radius 2 is 1.89 bits per heavy atom. The predicted octanol–water partition coefficient (Wildman–Crippen LogP) is 3.84. The van der Waals surface area contributed by atoms with Crippen LogP contribution in [-0.4, -0.2) is 23.4 Å². The van der Waals surface area contributed by atoms with Crippen molar-refractivity contribution in [3.05, 3.63) is 27.7 Å². The van der Waals surface area contributed by atoms with E-state index in [1.54, 1.807) is 12.1 Å². The Hall–Kier alpha value is -0.930. The monoisotopic (exact) mass is 300 g/mol. The third-order valence-corrected chi connectivity index (χ3v) is 4.35. The number of carbonyl (C=O) groups excluding carboxylic acids is 1. The van der Waals surface area contributed by atoms with Crippen LogP contribution in [0.25, 0.3) is 0 Å². The molecule has 1 aromatic rings. The molecule has 104 valence electrons. The lowest BCUT2D eigenvalue weighted by molar-refractivity contribution is 0.0588. The zero-order valence-corrected chi connectivity index (χ0v) is 12.6. The van der Waals surface area contributed by atoms with Gasteiger partial charge in [-0.1, -0.05) is 30.1 Å². The van der Waals surface area contributed by atoms with Gasteiger partial charge < -0.3 is 10.6 Å². The first-order valence-corrected chi connectivity index (χ1v) is 7.21. The van der Waals surface area contributed by atoms with Crippen LogP contribution in [0.15, 0.2) is 12.1 Å². The van der Waals surface area contributed by atoms with Crippen LogP contribution in [0.5, 0.6) is 0 Å². The number of halogens is 2. The maximum absolute atomic E-state index is 12.5. The van der Waals surface area contributed by atoms with Gasteiger partial charge in [-0.05, 0) is 37.8 Å². The number of hydrogen-bond donors (Lipinski definition) is 1. The first-order chi connectivity index (χ1) is 8.90. The summed E-state index contributed by atoms with van der Waals surface area (Å²) in [5.74, 6) is 0.640. The molecule has 0 bridgehead atoms. The Labute approximate surface area is 123 Å². The van der Waals surface area contributed by atoms with Gasteiger partial charge in [0.1, 0.15) is 0 Å². The van der Waals surface area contributed by atoms with Crippen LogP contribution in [0.4, 0.5) is 5.69 Å². The van der Waals surface area contributed by atoms with Crippen molar-refractivity contribution < 1.29 is 4.79 Å². The van der Waals surface area contributed by atoms with Crippen molar-refractivity contribution >= 4 is 34.8 Å². The van der Waals surface area contributed by atoms with Gasteiger partial charge in [0.15, 0.2) is 0 Å². The minimum atomic E-state index is -0.0248. The van der Waals surface area contributed by atoms with Crippen molar-refractivity contribution in [3.8, 4) is 0 Å². The molecule has 3 nitrogen and oxygen atoms in total. The molecule has 1 aliphatic heterocycles. The fraction of sp³-hybridized carbons (Fsp3) is 0.500. The Morgan fingerprint density at radius 3 is 2.42 bits per heavy atom. The number of likely N-dealkylation sites (tertiary alicyclic amines) is 1. The highest BCUT2D eigenvalue weighted by molar-refractivity contribution is 6.39. The molecule has 2 rings (SSSR count). The average molecular weight is 301 g/mol. The molecule has 0 aliphatic carbocycles. The van der Waals surface area contributed by atoms with Gasteiger partial charge >= 0.3 is 0 Å². The summed E-state index contributed by atoms with van der Waals surface area (Å²) in [5, 5.41) is 0.655. The largest absolute Gasteiger partial charge is 0.396 e. The van der Waals surface area contributed by atoms with Crippen LogP contribution in [0.1, 0.15) is 37.0 Å². The molecule has 2 N–H and O–H groups in total. The third-order valence-electron chi connectivity index (χ3n) is 3.73. The number of nitrogens with two attached hydrogens (primary N) is 1. The number of anilines is 1. The highest BCUT2D eigenvalue weighted by Crippen LogP contribution is 2.30. The molecule has 19 heavy (non-hydrogen) atoms. The first kappa shape index (κ1) is 14.5. The smallest absolute Gasteiger partial charge is 0.254 e. The van der Waals surface area contributed by atoms with Crippen molar-refractivity contribution in [2.24, 2.45) is 5.92 Å². The van der Waals surface area contributed by atoms with E-state index in [9.17, 15) is 4.79 Å². The second kappa shape index (κ2) is 5.59. The summed E-state index contributed by atoms with van der Waals surface area (Å²) in [6.07, 6.45) is 2.06. The maximum Gasteiger partial charge on any atom is 0.254 e. The number of hydrogen-bond acceptors (Lipinski definition) is 2. The second-order valence-corrected chi connectivity index (χ2v) is 6.15. The highest BCUT2D eigenvalue weighted by Gasteiger charge is 2.27. The van der Waals surface area contributed by atoms with Gasteiger partial charge in [-0.15, -0.1) is 0 Å². The van der Waals surface area contributed by atoms with Crippen LogP contribution >= 0.6 is 23.2 Å². The van der Waals surface area contributed by atoms with E-state index in [2.05, 4.69) is 13.8 Å². The molecule has 2 atom stereocenters. The number of nitrogens with zero attached hydrogens (tertiary/aromatic N) is 1. The van der Waals surface area contributed by atoms with E-state index in [-0.39, 0.29) is 11.9 Å². The zero-order valence-electron chi connectivity index (χ0n) is 11.1. The summed E-state index contributed by atoms with van der Waals surface area (Å²) in [4.78, 5) is 14.4. The normalized spacial score (nSPS) is 23.5. The third kappa shape index (κ3) is 2.98. The fourth-order valence-electron chi connectivity index (χ4n) is 2.58. The number of benzene rings is 1. The lowest BCUT2D eigenvalue weighted by Crippen LogP contribution is -2.44. The lowest BCUT2D eigenvalue weighted by Gasteiger charge is -2.36. The Bertz CT molecular complexity index is 481. The maximum atomic E-state index is 12.5. The molecule has 0 radical (unpaired) electrons. The molecule has 1 aliphatic rings. The standard InChI is InChI=1S/C14H18Cl2N2O/c1-8-3-4-18(9(2)5-8)14(19)10-6-11(15)13(17)12(16)7-10/h6-9H,3-5,17H2,1-2H3. The number of rotatable bonds is 1. The van der Waals surface area contributed by atoms with E-state index in [1.807, 2.05) is 4.90 Å². The van der Waals surface area contributed by atoms with Crippen molar-refractivity contribution in [2.75, 3.05) is 12.3 Å². The van der Waals surface area contributed by atoms with Gasteiger partial charge in [0.05, 0.1) is 15.7 Å². The van der Waals surface area contributed by atoms with Crippen LogP contribution in [0.3, 0.4) is 0 Å². The first-order valence-electron chi connectivity index (χ1n) is 6.45. The van der Waals surface area contributed by atoms with Crippen LogP contribution in [0, 0.1) is 5.92 Å². The van der Waals surface area contributed by atoms with Crippen molar-refractivity contribution in [1.82, 2.24) is 4.90 Å². The van der Waals surface area contributed by atoms with Crippen LogP contribution in [0.2, 0.25) is 10.0 Å². The molecule has 1 fully saturated rings. The Balaban J connectivity index is 2.25. The predicted molar refractivity (Wildman–Crippen MR) is 79.8 cm³/mol. The summed E-state index contributed by atoms with van der Waals surface area (Å²) >= 11 is 12.0. The van der Waals surface area contributed by atoms with E-state index in [0.29, 0.717) is 27.2 Å². The molecule has 5 heteroatoms. The van der Waals surface area contributed by atoms with Gasteiger partial charge in [0.2, 0.25) is 0 Å². The van der Waals surface area contributed by atoms with Crippen molar-refractivity contribution in [1.29, 1.82) is 0 Å². The minimum absolute atomic E-state index is 0.0248. The zero-order chi connectivity index (χ0) is 14.2. The van der Waals surface area contributed by atoms with E-state index in [1.165, 1.54) is 0 Å². The summed E-state index contributed by atoms with van der Waals surface area (Å²) < 4.78 is 0. The van der Waals surface area contributed by atoms with Gasteiger partial charge in [0, 0.05) is 18.2 Å². The minimum Gasteiger partial charge on any atom is -0.396 e. The summed E-state index contributed by atoms with van der Waals surface area (Å²) in [5.41, 5.74) is 6.51. The van der Waals surface area contributed by atoms with Crippen molar-refractivity contribution in [2.45, 2.75) is 32.7 Å². The van der Waals surface area contributed by atoms with E-state index < -0.39 is 0 Å². The summed E-state index contributed by atoms with van der Waals surface area (Å²) in [6, 6.07) is 3.43. The van der Waals surface area contributed by atoms with E-state index in [4.69, 9.17) is 28.9 Å². The quantitative estimate of drug-likeness (QED) is 0.801. The molecule has 1 heterocycles. The SMILES string of the molecule is CC1CCN(C(=O)c2cc(Cl)c(N)c(Cl)c2)C(C)C1. The Kier molecular flexibility index (Phi) is 4.26. The van der Waals surface area contributed by atoms with E-state index >= 15 is 0 Å². The van der Waals surface area contributed by atoms with Gasteiger partial charge in [-0.3, -0.25) is 4.79 Å². The molecule has 0 saturated carbocycles. The molecule has 1 aromatic carbocycles. The second-order valence-electron chi connectivity index (χ2n) is 5.33. The summed E-state index contributed by atoms with van der Waals surface area (Å²) in [7, 11) is 0. The van der Waals surface area contributed by atoms with Crippen LogP contribution < -0.4 is 5.73 Å². The molecule has 1 amide bonds. The van der Waals surface area contributed by atoms with Crippen molar-refractivity contribution in [3.63, 3.8) is 0 Å². The average Bonchev–Trinajstić information content (AvgIpc) is 2.34. The lowest BCUT2D eigenvalue weighted by atomic mass is 9.93. The summed E-state index contributed by atoms with van der Waals surface area (Å²) in [6.45, 7) is 5.07. The number of amides is 1. The number of carbonyl (C=O) groups is 1. The Morgan fingerprint density at radius 1 is 1.32 bits per heavy atom. The van der Waals surface area contributed by atoms with Gasteiger partial charge in [-0.25, -0.2) is 0 Å². The highest BCUT2D eigenvalue weighted by atomic mass is 35.5. The molecule has 1 saturated heterocycles. The van der Waals surface area contributed by atoms with E-state index in [0.717, 1.165) is 19.4 Å². The topological polar surface area (TPSA) is 46.3 Å². The fourth-order valence-corrected chi connectivity index (χ4v) is 3.07. The molecular weight excluding hydrogens is 283 g/mol.